The molecule has 2 saturated heterocycles. The molecule has 15 heavy (non-hydrogen) atoms. The van der Waals surface area contributed by atoms with Crippen LogP contribution in [0.15, 0.2) is 0 Å². The van der Waals surface area contributed by atoms with E-state index in [4.69, 9.17) is 9.47 Å². The van der Waals surface area contributed by atoms with Crippen molar-refractivity contribution in [3.05, 3.63) is 0 Å². The van der Waals surface area contributed by atoms with E-state index >= 15 is 0 Å². The second kappa shape index (κ2) is 3.81. The van der Waals surface area contributed by atoms with Crippen LogP contribution in [0.3, 0.4) is 0 Å². The van der Waals surface area contributed by atoms with E-state index in [-0.39, 0.29) is 35.9 Å². The van der Waals surface area contributed by atoms with Gasteiger partial charge in [-0.3, -0.25) is 9.59 Å². The average molecular weight is 213 g/mol. The van der Waals surface area contributed by atoms with Gasteiger partial charge in [-0.15, -0.1) is 0 Å². The zero-order valence-corrected chi connectivity index (χ0v) is 8.86. The molecular weight excluding hydrogens is 198 g/mol. The summed E-state index contributed by atoms with van der Waals surface area (Å²) >= 11 is 0. The molecule has 0 amide bonds. The lowest BCUT2D eigenvalue weighted by Crippen LogP contribution is -2.39. The Kier molecular flexibility index (Phi) is 2.65. The Morgan fingerprint density at radius 3 is 1.73 bits per heavy atom. The smallest absolute Gasteiger partial charge is 0.311 e. The van der Waals surface area contributed by atoms with Crippen molar-refractivity contribution in [2.24, 2.45) is 11.8 Å². The van der Waals surface area contributed by atoms with Crippen LogP contribution in [0.4, 0.5) is 0 Å². The Labute approximate surface area is 88.1 Å². The van der Waals surface area contributed by atoms with Gasteiger partial charge in [0.25, 0.3) is 0 Å². The van der Waals surface area contributed by atoms with Crippen molar-refractivity contribution in [2.45, 2.75) is 24.9 Å². The molecule has 0 spiro atoms. The van der Waals surface area contributed by atoms with Gasteiger partial charge in [0, 0.05) is 12.1 Å². The highest BCUT2D eigenvalue weighted by Gasteiger charge is 2.54. The Bertz CT molecular complexity index is 263. The van der Waals surface area contributed by atoms with Gasteiger partial charge in [0.15, 0.2) is 0 Å². The van der Waals surface area contributed by atoms with E-state index in [1.165, 1.54) is 14.2 Å². The molecule has 84 valence electrons. The third-order valence-corrected chi connectivity index (χ3v) is 3.42. The van der Waals surface area contributed by atoms with Crippen molar-refractivity contribution in [1.29, 1.82) is 0 Å². The Hall–Kier alpha value is -1.10. The SMILES string of the molecule is COC(=O)[C@@H]1[C@H](C(=O)OC)[C@H]2CC[C@@H]1N2. The molecule has 2 aliphatic rings. The molecule has 2 rings (SSSR count). The molecule has 5 heteroatoms. The molecule has 0 radical (unpaired) electrons. The zero-order valence-electron chi connectivity index (χ0n) is 8.86. The van der Waals surface area contributed by atoms with Gasteiger partial charge in [-0.25, -0.2) is 0 Å². The number of hydrogen-bond donors (Lipinski definition) is 1. The number of ether oxygens (including phenoxy) is 2. The lowest BCUT2D eigenvalue weighted by atomic mass is 9.79. The number of esters is 2. The Morgan fingerprint density at radius 1 is 1.00 bits per heavy atom. The lowest BCUT2D eigenvalue weighted by molar-refractivity contribution is -0.157. The highest BCUT2D eigenvalue weighted by molar-refractivity contribution is 5.84. The molecule has 0 aromatic heterocycles. The van der Waals surface area contributed by atoms with Gasteiger partial charge in [0.1, 0.15) is 0 Å². The van der Waals surface area contributed by atoms with Crippen LogP contribution in [0.1, 0.15) is 12.8 Å². The Morgan fingerprint density at radius 2 is 1.40 bits per heavy atom. The molecule has 1 N–H and O–H groups in total. The molecule has 0 saturated carbocycles. The summed E-state index contributed by atoms with van der Waals surface area (Å²) in [6.45, 7) is 0. The topological polar surface area (TPSA) is 64.6 Å². The molecule has 0 aliphatic carbocycles. The maximum atomic E-state index is 11.6. The summed E-state index contributed by atoms with van der Waals surface area (Å²) in [5, 5.41) is 3.26. The largest absolute Gasteiger partial charge is 0.469 e. The van der Waals surface area contributed by atoms with Crippen LogP contribution in [0, 0.1) is 11.8 Å². The first-order chi connectivity index (χ1) is 7.19. The van der Waals surface area contributed by atoms with Crippen molar-refractivity contribution < 1.29 is 19.1 Å². The third kappa shape index (κ3) is 1.51. The second-order valence-electron chi connectivity index (χ2n) is 4.05. The normalized spacial score (nSPS) is 37.7. The molecule has 4 atom stereocenters. The van der Waals surface area contributed by atoms with Crippen molar-refractivity contribution >= 4 is 11.9 Å². The molecular formula is C10H15NO4. The van der Waals surface area contributed by atoms with Crippen LogP contribution in [0.25, 0.3) is 0 Å². The molecule has 5 nitrogen and oxygen atoms in total. The van der Waals surface area contributed by atoms with Gasteiger partial charge in [-0.1, -0.05) is 0 Å². The molecule has 2 fully saturated rings. The number of methoxy groups -OCH3 is 2. The molecule has 2 aliphatic heterocycles. The molecule has 0 aromatic carbocycles. The molecule has 2 heterocycles. The summed E-state index contributed by atoms with van der Waals surface area (Å²) in [5.41, 5.74) is 0. The van der Waals surface area contributed by atoms with Gasteiger partial charge < -0.3 is 14.8 Å². The Balaban J connectivity index is 2.19. The second-order valence-corrected chi connectivity index (χ2v) is 4.05. The highest BCUT2D eigenvalue weighted by atomic mass is 16.5. The summed E-state index contributed by atoms with van der Waals surface area (Å²) in [5.74, 6) is -1.38. The fourth-order valence-electron chi connectivity index (χ4n) is 2.76. The van der Waals surface area contributed by atoms with Crippen LogP contribution in [0.2, 0.25) is 0 Å². The number of nitrogens with one attached hydrogen (secondary N) is 1. The highest BCUT2D eigenvalue weighted by Crippen LogP contribution is 2.39. The maximum absolute atomic E-state index is 11.6. The first-order valence-electron chi connectivity index (χ1n) is 5.10. The first-order valence-corrected chi connectivity index (χ1v) is 5.10. The quantitative estimate of drug-likeness (QED) is 0.638. The predicted molar refractivity (Wildman–Crippen MR) is 51.0 cm³/mol. The molecule has 0 unspecified atom stereocenters. The average Bonchev–Trinajstić information content (AvgIpc) is 2.86. The van der Waals surface area contributed by atoms with Gasteiger partial charge in [-0.05, 0) is 12.8 Å². The first kappa shape index (κ1) is 10.4. The fraction of sp³-hybridized carbons (Fsp3) is 0.800. The predicted octanol–water partition coefficient (Wildman–Crippen LogP) is -0.301. The minimum absolute atomic E-state index is 0.0755. The van der Waals surface area contributed by atoms with Gasteiger partial charge in [0.05, 0.1) is 26.1 Å². The van der Waals surface area contributed by atoms with E-state index in [9.17, 15) is 9.59 Å². The van der Waals surface area contributed by atoms with Gasteiger partial charge >= 0.3 is 11.9 Å². The zero-order chi connectivity index (χ0) is 11.0. The number of carbonyl (C=O) groups is 2. The minimum atomic E-state index is -0.374. The van der Waals surface area contributed by atoms with E-state index < -0.39 is 0 Å². The van der Waals surface area contributed by atoms with E-state index in [0.29, 0.717) is 0 Å². The number of carbonyl (C=O) groups excluding carboxylic acids is 2. The summed E-state index contributed by atoms with van der Waals surface area (Å²) in [6, 6.07) is 0.151. The summed E-state index contributed by atoms with van der Waals surface area (Å²) < 4.78 is 9.45. The summed E-state index contributed by atoms with van der Waals surface area (Å²) in [6.07, 6.45) is 1.86. The number of fused-ring (bicyclic) bond motifs is 2. The lowest BCUT2D eigenvalue weighted by Gasteiger charge is -2.24. The summed E-state index contributed by atoms with van der Waals surface area (Å²) in [4.78, 5) is 23.1. The van der Waals surface area contributed by atoms with Crippen molar-refractivity contribution in [3.8, 4) is 0 Å². The van der Waals surface area contributed by atoms with Crippen LogP contribution >= 0.6 is 0 Å². The fourth-order valence-corrected chi connectivity index (χ4v) is 2.76. The van der Waals surface area contributed by atoms with Crippen molar-refractivity contribution in [2.75, 3.05) is 14.2 Å². The minimum Gasteiger partial charge on any atom is -0.469 e. The van der Waals surface area contributed by atoms with Crippen LogP contribution < -0.4 is 5.32 Å². The number of hydrogen-bond acceptors (Lipinski definition) is 5. The van der Waals surface area contributed by atoms with Gasteiger partial charge in [0.2, 0.25) is 0 Å². The van der Waals surface area contributed by atoms with Crippen LogP contribution in [-0.4, -0.2) is 38.2 Å². The van der Waals surface area contributed by atoms with Crippen molar-refractivity contribution in [3.63, 3.8) is 0 Å². The van der Waals surface area contributed by atoms with E-state index in [1.807, 2.05) is 0 Å². The van der Waals surface area contributed by atoms with Crippen molar-refractivity contribution in [1.82, 2.24) is 5.32 Å². The maximum Gasteiger partial charge on any atom is 0.311 e. The third-order valence-electron chi connectivity index (χ3n) is 3.42. The van der Waals surface area contributed by atoms with Crippen LogP contribution in [0.5, 0.6) is 0 Å². The van der Waals surface area contributed by atoms with Crippen LogP contribution in [-0.2, 0) is 19.1 Å². The van der Waals surface area contributed by atoms with E-state index in [1.54, 1.807) is 0 Å². The summed E-state index contributed by atoms with van der Waals surface area (Å²) in [7, 11) is 2.70. The van der Waals surface area contributed by atoms with E-state index in [2.05, 4.69) is 5.32 Å². The molecule has 0 aromatic rings. The standard InChI is InChI=1S/C10H15NO4/c1-14-9(12)7-5-3-4-6(11-5)8(7)10(13)15-2/h5-8,11H,3-4H2,1-2H3/t5-,6+,7-,8+. The van der Waals surface area contributed by atoms with Gasteiger partial charge in [-0.2, -0.15) is 0 Å². The number of rotatable bonds is 2. The monoisotopic (exact) mass is 213 g/mol. The molecule has 2 bridgehead atoms. The van der Waals surface area contributed by atoms with E-state index in [0.717, 1.165) is 12.8 Å².